The van der Waals surface area contributed by atoms with Crippen molar-refractivity contribution in [3.63, 3.8) is 0 Å². The lowest BCUT2D eigenvalue weighted by atomic mass is 9.96. The van der Waals surface area contributed by atoms with Gasteiger partial charge in [0.05, 0.1) is 0 Å². The van der Waals surface area contributed by atoms with E-state index in [0.29, 0.717) is 10.9 Å². The molecule has 0 atom stereocenters. The highest BCUT2D eigenvalue weighted by Crippen LogP contribution is 2.22. The van der Waals surface area contributed by atoms with Crippen molar-refractivity contribution in [2.75, 3.05) is 18.5 Å². The molecule has 6 heteroatoms. The van der Waals surface area contributed by atoms with Gasteiger partial charge in [-0.1, -0.05) is 32.4 Å². The number of aromatic nitrogens is 4. The van der Waals surface area contributed by atoms with E-state index in [9.17, 15) is 0 Å². The van der Waals surface area contributed by atoms with Gasteiger partial charge < -0.3 is 4.90 Å². The molecule has 17 heavy (non-hydrogen) atoms. The van der Waals surface area contributed by atoms with Crippen LogP contribution in [0.2, 0.25) is 5.15 Å². The predicted molar refractivity (Wildman–Crippen MR) is 68.5 cm³/mol. The van der Waals surface area contributed by atoms with Crippen molar-refractivity contribution in [1.82, 2.24) is 19.6 Å². The van der Waals surface area contributed by atoms with Crippen LogP contribution in [0.25, 0.3) is 5.78 Å². The second-order valence-corrected chi connectivity index (χ2v) is 5.71. The van der Waals surface area contributed by atoms with Crippen LogP contribution in [-0.4, -0.2) is 33.2 Å². The molecule has 2 aromatic rings. The zero-order chi connectivity index (χ0) is 12.6. The SMILES string of the molecule is CN(CC(C)(C)C)c1cc(Cl)nc2ncnn12. The van der Waals surface area contributed by atoms with Gasteiger partial charge in [0.1, 0.15) is 17.3 Å². The second-order valence-electron chi connectivity index (χ2n) is 5.33. The van der Waals surface area contributed by atoms with E-state index in [1.54, 1.807) is 10.6 Å². The van der Waals surface area contributed by atoms with Crippen LogP contribution in [0.3, 0.4) is 0 Å². The fourth-order valence-electron chi connectivity index (χ4n) is 1.83. The summed E-state index contributed by atoms with van der Waals surface area (Å²) in [5, 5.41) is 4.59. The summed E-state index contributed by atoms with van der Waals surface area (Å²) >= 11 is 5.98. The molecule has 0 radical (unpaired) electrons. The molecule has 0 unspecified atom stereocenters. The number of rotatable bonds is 2. The van der Waals surface area contributed by atoms with Gasteiger partial charge in [0, 0.05) is 19.7 Å². The van der Waals surface area contributed by atoms with Crippen LogP contribution in [0.1, 0.15) is 20.8 Å². The third kappa shape index (κ3) is 2.66. The van der Waals surface area contributed by atoms with Crippen LogP contribution >= 0.6 is 11.6 Å². The normalized spacial score (nSPS) is 12.1. The van der Waals surface area contributed by atoms with Crippen LogP contribution < -0.4 is 4.90 Å². The minimum atomic E-state index is 0.192. The Morgan fingerprint density at radius 1 is 1.41 bits per heavy atom. The third-order valence-corrected chi connectivity index (χ3v) is 2.50. The molecular weight excluding hydrogens is 238 g/mol. The van der Waals surface area contributed by atoms with Gasteiger partial charge in [0.25, 0.3) is 5.78 Å². The van der Waals surface area contributed by atoms with Crippen molar-refractivity contribution in [3.8, 4) is 0 Å². The predicted octanol–water partition coefficient (Wildman–Crippen LogP) is 2.26. The molecule has 0 bridgehead atoms. The lowest BCUT2D eigenvalue weighted by Gasteiger charge is -2.28. The van der Waals surface area contributed by atoms with E-state index in [4.69, 9.17) is 11.6 Å². The topological polar surface area (TPSA) is 46.3 Å². The minimum Gasteiger partial charge on any atom is -0.359 e. The first-order valence-electron chi connectivity index (χ1n) is 5.44. The third-order valence-electron chi connectivity index (χ3n) is 2.30. The molecule has 0 aliphatic carbocycles. The standard InChI is InChI=1S/C11H16ClN5/c1-11(2,3)6-16(4)9-5-8(12)15-10-13-7-14-17(9)10/h5,7H,6H2,1-4H3. The summed E-state index contributed by atoms with van der Waals surface area (Å²) in [4.78, 5) is 10.3. The quantitative estimate of drug-likeness (QED) is 0.771. The number of fused-ring (bicyclic) bond motifs is 1. The smallest absolute Gasteiger partial charge is 0.255 e. The van der Waals surface area contributed by atoms with Crippen molar-refractivity contribution in [2.24, 2.45) is 5.41 Å². The zero-order valence-corrected chi connectivity index (χ0v) is 11.2. The summed E-state index contributed by atoms with van der Waals surface area (Å²) in [5.41, 5.74) is 0.192. The summed E-state index contributed by atoms with van der Waals surface area (Å²) < 4.78 is 1.69. The Hall–Kier alpha value is -1.36. The van der Waals surface area contributed by atoms with E-state index in [1.165, 1.54) is 6.33 Å². The number of nitrogens with zero attached hydrogens (tertiary/aromatic N) is 5. The lowest BCUT2D eigenvalue weighted by Crippen LogP contribution is -2.30. The number of halogens is 1. The van der Waals surface area contributed by atoms with Crippen LogP contribution in [0.15, 0.2) is 12.4 Å². The number of hydrogen-bond donors (Lipinski definition) is 0. The summed E-state index contributed by atoms with van der Waals surface area (Å²) in [6.45, 7) is 7.45. The zero-order valence-electron chi connectivity index (χ0n) is 10.5. The summed E-state index contributed by atoms with van der Waals surface area (Å²) in [6, 6.07) is 1.80. The molecular formula is C11H16ClN5. The maximum Gasteiger partial charge on any atom is 0.255 e. The highest BCUT2D eigenvalue weighted by Gasteiger charge is 2.17. The highest BCUT2D eigenvalue weighted by molar-refractivity contribution is 6.29. The van der Waals surface area contributed by atoms with E-state index in [2.05, 4.69) is 40.7 Å². The number of anilines is 1. The Balaban J connectivity index is 2.43. The van der Waals surface area contributed by atoms with E-state index < -0.39 is 0 Å². The molecule has 5 nitrogen and oxygen atoms in total. The Morgan fingerprint density at radius 3 is 2.76 bits per heavy atom. The van der Waals surface area contributed by atoms with E-state index >= 15 is 0 Å². The van der Waals surface area contributed by atoms with Crippen LogP contribution in [0.4, 0.5) is 5.82 Å². The average Bonchev–Trinajstić information content (AvgIpc) is 2.60. The molecule has 0 aliphatic heterocycles. The Morgan fingerprint density at radius 2 is 2.12 bits per heavy atom. The highest BCUT2D eigenvalue weighted by atomic mass is 35.5. The van der Waals surface area contributed by atoms with Gasteiger partial charge in [-0.15, -0.1) is 0 Å². The number of hydrogen-bond acceptors (Lipinski definition) is 4. The maximum atomic E-state index is 5.98. The van der Waals surface area contributed by atoms with Crippen molar-refractivity contribution in [1.29, 1.82) is 0 Å². The van der Waals surface area contributed by atoms with E-state index in [1.807, 2.05) is 7.05 Å². The van der Waals surface area contributed by atoms with Gasteiger partial charge >= 0.3 is 0 Å². The second kappa shape index (κ2) is 4.14. The van der Waals surface area contributed by atoms with Crippen molar-refractivity contribution < 1.29 is 0 Å². The van der Waals surface area contributed by atoms with Crippen molar-refractivity contribution in [2.45, 2.75) is 20.8 Å². The summed E-state index contributed by atoms with van der Waals surface area (Å²) in [5.74, 6) is 1.42. The van der Waals surface area contributed by atoms with Gasteiger partial charge in [0.15, 0.2) is 0 Å². The van der Waals surface area contributed by atoms with Gasteiger partial charge in [0.2, 0.25) is 0 Å². The monoisotopic (exact) mass is 253 g/mol. The average molecular weight is 254 g/mol. The van der Waals surface area contributed by atoms with Gasteiger partial charge in [-0.05, 0) is 5.41 Å². The van der Waals surface area contributed by atoms with Crippen molar-refractivity contribution in [3.05, 3.63) is 17.5 Å². The molecule has 0 fully saturated rings. The minimum absolute atomic E-state index is 0.192. The Labute approximate surface area is 105 Å². The lowest BCUT2D eigenvalue weighted by molar-refractivity contribution is 0.417. The molecule has 0 spiro atoms. The van der Waals surface area contributed by atoms with E-state index in [-0.39, 0.29) is 5.41 Å². The molecule has 92 valence electrons. The van der Waals surface area contributed by atoms with E-state index in [0.717, 1.165) is 12.4 Å². The van der Waals surface area contributed by atoms with Crippen LogP contribution in [0.5, 0.6) is 0 Å². The van der Waals surface area contributed by atoms with Gasteiger partial charge in [-0.25, -0.2) is 0 Å². The van der Waals surface area contributed by atoms with Crippen molar-refractivity contribution >= 4 is 23.2 Å². The maximum absolute atomic E-state index is 5.98. The van der Waals surface area contributed by atoms with Gasteiger partial charge in [-0.3, -0.25) is 0 Å². The Bertz CT molecular complexity index is 528. The molecule has 2 heterocycles. The molecule has 2 rings (SSSR count). The molecule has 2 aromatic heterocycles. The first-order valence-corrected chi connectivity index (χ1v) is 5.82. The largest absolute Gasteiger partial charge is 0.359 e. The van der Waals surface area contributed by atoms with Crippen LogP contribution in [-0.2, 0) is 0 Å². The first-order chi connectivity index (χ1) is 7.87. The van der Waals surface area contributed by atoms with Crippen LogP contribution in [0, 0.1) is 5.41 Å². The molecule has 0 saturated carbocycles. The Kier molecular flexibility index (Phi) is 2.95. The fraction of sp³-hybridized carbons (Fsp3) is 0.545. The fourth-order valence-corrected chi connectivity index (χ4v) is 2.01. The first kappa shape index (κ1) is 12.1. The molecule has 0 N–H and O–H groups in total. The molecule has 0 saturated heterocycles. The summed E-state index contributed by atoms with van der Waals surface area (Å²) in [7, 11) is 2.01. The molecule has 0 aromatic carbocycles. The molecule has 0 amide bonds. The summed E-state index contributed by atoms with van der Waals surface area (Å²) in [6.07, 6.45) is 1.48. The molecule has 0 aliphatic rings. The van der Waals surface area contributed by atoms with Gasteiger partial charge in [-0.2, -0.15) is 19.6 Å².